The van der Waals surface area contributed by atoms with Gasteiger partial charge in [-0.2, -0.15) is 0 Å². The molecule has 0 saturated carbocycles. The van der Waals surface area contributed by atoms with E-state index in [1.165, 1.54) is 12.5 Å². The van der Waals surface area contributed by atoms with E-state index in [4.69, 9.17) is 8.83 Å². The molecule has 2 heterocycles. The van der Waals surface area contributed by atoms with E-state index in [9.17, 15) is 9.90 Å². The van der Waals surface area contributed by atoms with Crippen LogP contribution in [-0.4, -0.2) is 17.6 Å². The highest BCUT2D eigenvalue weighted by Gasteiger charge is 2.12. The smallest absolute Gasteiger partial charge is 0.254 e. The van der Waals surface area contributed by atoms with Crippen LogP contribution in [0.2, 0.25) is 0 Å². The molecule has 0 unspecified atom stereocenters. The molecule has 0 aliphatic rings. The van der Waals surface area contributed by atoms with Gasteiger partial charge in [-0.05, 0) is 23.8 Å². The number of hydrogen-bond donors (Lipinski definition) is 2. The van der Waals surface area contributed by atoms with Crippen molar-refractivity contribution in [2.24, 2.45) is 0 Å². The van der Waals surface area contributed by atoms with Crippen molar-refractivity contribution in [1.82, 2.24) is 5.32 Å². The van der Waals surface area contributed by atoms with Crippen LogP contribution in [0.15, 0.2) is 70.1 Å². The highest BCUT2D eigenvalue weighted by Crippen LogP contribution is 2.22. The number of benzene rings is 1. The van der Waals surface area contributed by atoms with E-state index in [-0.39, 0.29) is 12.5 Å². The number of hydrogen-bond acceptors (Lipinski definition) is 4. The molecule has 3 aromatic rings. The van der Waals surface area contributed by atoms with Crippen LogP contribution in [0.25, 0.3) is 11.3 Å². The maximum Gasteiger partial charge on any atom is 0.254 e. The Morgan fingerprint density at radius 2 is 1.95 bits per heavy atom. The minimum Gasteiger partial charge on any atom is -0.472 e. The van der Waals surface area contributed by atoms with Crippen LogP contribution in [0.4, 0.5) is 0 Å². The first-order chi connectivity index (χ1) is 10.7. The quantitative estimate of drug-likeness (QED) is 0.759. The van der Waals surface area contributed by atoms with Crippen molar-refractivity contribution in [2.45, 2.75) is 6.10 Å². The molecular formula is C17H15NO4. The van der Waals surface area contributed by atoms with Crippen LogP contribution < -0.4 is 5.32 Å². The number of aliphatic hydroxyl groups excluding tert-OH is 1. The molecule has 0 aliphatic heterocycles. The molecule has 5 nitrogen and oxygen atoms in total. The monoisotopic (exact) mass is 297 g/mol. The third kappa shape index (κ3) is 3.10. The fourth-order valence-electron chi connectivity index (χ4n) is 2.12. The molecule has 1 atom stereocenters. The Kier molecular flexibility index (Phi) is 4.07. The summed E-state index contributed by atoms with van der Waals surface area (Å²) >= 11 is 0. The first-order valence-electron chi connectivity index (χ1n) is 6.86. The number of carbonyl (C=O) groups is 1. The Bertz CT molecular complexity index is 715. The van der Waals surface area contributed by atoms with Crippen molar-refractivity contribution in [1.29, 1.82) is 0 Å². The van der Waals surface area contributed by atoms with Gasteiger partial charge < -0.3 is 19.3 Å². The van der Waals surface area contributed by atoms with Gasteiger partial charge in [-0.1, -0.05) is 24.3 Å². The first kappa shape index (κ1) is 14.2. The molecule has 22 heavy (non-hydrogen) atoms. The second-order valence-corrected chi connectivity index (χ2v) is 4.84. The molecule has 112 valence electrons. The van der Waals surface area contributed by atoms with Crippen LogP contribution in [-0.2, 0) is 0 Å². The number of rotatable bonds is 5. The summed E-state index contributed by atoms with van der Waals surface area (Å²) in [6, 6.07) is 12.6. The SMILES string of the molecule is O=C(NC[C@@H](O)c1ccc(-c2ccco2)cc1)c1ccoc1. The topological polar surface area (TPSA) is 75.6 Å². The van der Waals surface area contributed by atoms with Gasteiger partial charge in [0.1, 0.15) is 12.0 Å². The number of furan rings is 2. The molecule has 0 fully saturated rings. The number of aliphatic hydroxyl groups is 1. The maximum atomic E-state index is 11.8. The van der Waals surface area contributed by atoms with Gasteiger partial charge in [-0.25, -0.2) is 0 Å². The second kappa shape index (κ2) is 6.32. The Balaban J connectivity index is 1.60. The maximum absolute atomic E-state index is 11.8. The molecule has 2 aromatic heterocycles. The molecule has 2 N–H and O–H groups in total. The number of amides is 1. The highest BCUT2D eigenvalue weighted by atomic mass is 16.3. The van der Waals surface area contributed by atoms with E-state index in [1.54, 1.807) is 12.3 Å². The second-order valence-electron chi connectivity index (χ2n) is 4.84. The zero-order chi connectivity index (χ0) is 15.4. The summed E-state index contributed by atoms with van der Waals surface area (Å²) in [6.07, 6.45) is 3.63. The average molecular weight is 297 g/mol. The third-order valence-corrected chi connectivity index (χ3v) is 3.34. The van der Waals surface area contributed by atoms with Gasteiger partial charge in [0.05, 0.1) is 24.2 Å². The lowest BCUT2D eigenvalue weighted by Gasteiger charge is -2.12. The van der Waals surface area contributed by atoms with Gasteiger partial charge in [0.25, 0.3) is 5.91 Å². The van der Waals surface area contributed by atoms with Crippen molar-refractivity contribution < 1.29 is 18.7 Å². The Morgan fingerprint density at radius 3 is 2.59 bits per heavy atom. The Morgan fingerprint density at radius 1 is 1.14 bits per heavy atom. The molecule has 1 amide bonds. The Hall–Kier alpha value is -2.79. The van der Waals surface area contributed by atoms with Crippen molar-refractivity contribution in [3.63, 3.8) is 0 Å². The van der Waals surface area contributed by atoms with Gasteiger partial charge in [0.2, 0.25) is 0 Å². The van der Waals surface area contributed by atoms with Crippen LogP contribution in [0.3, 0.4) is 0 Å². The third-order valence-electron chi connectivity index (χ3n) is 3.34. The van der Waals surface area contributed by atoms with E-state index >= 15 is 0 Å². The summed E-state index contributed by atoms with van der Waals surface area (Å²) < 4.78 is 10.2. The highest BCUT2D eigenvalue weighted by molar-refractivity contribution is 5.93. The van der Waals surface area contributed by atoms with Crippen LogP contribution in [0.1, 0.15) is 22.0 Å². The zero-order valence-corrected chi connectivity index (χ0v) is 11.7. The number of nitrogens with one attached hydrogen (secondary N) is 1. The van der Waals surface area contributed by atoms with Crippen LogP contribution in [0.5, 0.6) is 0 Å². The summed E-state index contributed by atoms with van der Waals surface area (Å²) in [5.74, 6) is 0.495. The Labute approximate surface area is 127 Å². The predicted octanol–water partition coefficient (Wildman–Crippen LogP) is 3.00. The van der Waals surface area contributed by atoms with E-state index in [2.05, 4.69) is 5.32 Å². The molecule has 0 aliphatic carbocycles. The fraction of sp³-hybridized carbons (Fsp3) is 0.118. The van der Waals surface area contributed by atoms with Gasteiger partial charge in [0, 0.05) is 12.1 Å². The first-order valence-corrected chi connectivity index (χ1v) is 6.86. The van der Waals surface area contributed by atoms with Gasteiger partial charge in [-0.15, -0.1) is 0 Å². The van der Waals surface area contributed by atoms with Crippen molar-refractivity contribution in [3.05, 3.63) is 72.4 Å². The molecule has 0 saturated heterocycles. The average Bonchev–Trinajstić information content (AvgIpc) is 3.25. The van der Waals surface area contributed by atoms with E-state index in [1.807, 2.05) is 36.4 Å². The van der Waals surface area contributed by atoms with Crippen molar-refractivity contribution in [2.75, 3.05) is 6.54 Å². The minimum atomic E-state index is -0.776. The molecule has 1 aromatic carbocycles. The largest absolute Gasteiger partial charge is 0.472 e. The molecule has 0 spiro atoms. The lowest BCUT2D eigenvalue weighted by Crippen LogP contribution is -2.28. The fourth-order valence-corrected chi connectivity index (χ4v) is 2.12. The summed E-state index contributed by atoms with van der Waals surface area (Å²) in [6.45, 7) is 0.129. The molecule has 5 heteroatoms. The van der Waals surface area contributed by atoms with Crippen LogP contribution >= 0.6 is 0 Å². The minimum absolute atomic E-state index is 0.129. The van der Waals surface area contributed by atoms with Crippen LogP contribution in [0, 0.1) is 0 Å². The predicted molar refractivity (Wildman–Crippen MR) is 80.1 cm³/mol. The standard InChI is InChI=1S/C17H15NO4/c19-15(10-18-17(20)14-7-9-21-11-14)12-3-5-13(6-4-12)16-2-1-8-22-16/h1-9,11,15,19H,10H2,(H,18,20)/t15-/m1/s1. The normalized spacial score (nSPS) is 12.0. The van der Waals surface area contributed by atoms with Gasteiger partial charge in [0.15, 0.2) is 0 Å². The number of carbonyl (C=O) groups excluding carboxylic acids is 1. The van der Waals surface area contributed by atoms with E-state index in [0.717, 1.165) is 16.9 Å². The summed E-state index contributed by atoms with van der Waals surface area (Å²) in [4.78, 5) is 11.8. The lowest BCUT2D eigenvalue weighted by atomic mass is 10.1. The summed E-state index contributed by atoms with van der Waals surface area (Å²) in [7, 11) is 0. The van der Waals surface area contributed by atoms with E-state index in [0.29, 0.717) is 5.56 Å². The van der Waals surface area contributed by atoms with Gasteiger partial charge >= 0.3 is 0 Å². The summed E-state index contributed by atoms with van der Waals surface area (Å²) in [5, 5.41) is 12.8. The van der Waals surface area contributed by atoms with Crippen molar-refractivity contribution in [3.8, 4) is 11.3 Å². The van der Waals surface area contributed by atoms with E-state index < -0.39 is 6.10 Å². The summed E-state index contributed by atoms with van der Waals surface area (Å²) in [5.41, 5.74) is 2.09. The zero-order valence-electron chi connectivity index (χ0n) is 11.7. The molecule has 0 bridgehead atoms. The molecule has 3 rings (SSSR count). The lowest BCUT2D eigenvalue weighted by molar-refractivity contribution is 0.0915. The van der Waals surface area contributed by atoms with Crippen molar-refractivity contribution >= 4 is 5.91 Å². The molecule has 0 radical (unpaired) electrons. The molecular weight excluding hydrogens is 282 g/mol. The van der Waals surface area contributed by atoms with Gasteiger partial charge in [-0.3, -0.25) is 4.79 Å².